The largest absolute Gasteiger partial charge is 0.497 e. The molecule has 0 aliphatic heterocycles. The Hall–Kier alpha value is -2.40. The van der Waals surface area contributed by atoms with E-state index < -0.39 is 15.7 Å². The first-order valence-electron chi connectivity index (χ1n) is 7.32. The molecule has 0 saturated carbocycles. The Labute approximate surface area is 155 Å². The minimum Gasteiger partial charge on any atom is -0.497 e. The van der Waals surface area contributed by atoms with E-state index in [1.54, 1.807) is 24.5 Å². The number of nitrogens with zero attached hydrogens (tertiary/aromatic N) is 2. The molecule has 1 amide bonds. The molecule has 0 aliphatic carbocycles. The monoisotopic (exact) mass is 400 g/mol. The summed E-state index contributed by atoms with van der Waals surface area (Å²) in [6.45, 7) is -0.242. The highest BCUT2D eigenvalue weighted by Crippen LogP contribution is 2.29. The smallest absolute Gasteiger partial charge is 0.246 e. The third-order valence-electron chi connectivity index (χ3n) is 3.41. The Kier molecular flexibility index (Phi) is 6.03. The number of nitrogens with one attached hydrogen (secondary N) is 1. The third-order valence-corrected chi connectivity index (χ3v) is 5.35. The minimum atomic E-state index is -3.56. The van der Waals surface area contributed by atoms with E-state index in [9.17, 15) is 13.2 Å². The first kappa shape index (κ1) is 19.9. The summed E-state index contributed by atoms with van der Waals surface area (Å²) in [4.78, 5) is 12.3. The molecular weight excluding hydrogens is 380 g/mol. The number of nitrogen functional groups attached to an aromatic ring is 1. The number of amides is 1. The molecule has 1 aromatic heterocycles. The van der Waals surface area contributed by atoms with Gasteiger partial charge in [-0.15, -0.1) is 11.8 Å². The normalized spacial score (nSPS) is 11.2. The molecule has 11 heteroatoms. The predicted molar refractivity (Wildman–Crippen MR) is 99.7 cm³/mol. The first-order chi connectivity index (χ1) is 12.2. The van der Waals surface area contributed by atoms with Crippen molar-refractivity contribution in [3.8, 4) is 11.5 Å². The van der Waals surface area contributed by atoms with Crippen LogP contribution in [-0.2, 0) is 21.2 Å². The lowest BCUT2D eigenvalue weighted by atomic mass is 10.2. The van der Waals surface area contributed by atoms with Crippen LogP contribution in [0.25, 0.3) is 0 Å². The number of benzene rings is 1. The van der Waals surface area contributed by atoms with E-state index in [4.69, 9.17) is 15.2 Å². The fourth-order valence-corrected chi connectivity index (χ4v) is 4.27. The Bertz CT molecular complexity index is 902. The quantitative estimate of drug-likeness (QED) is 0.665. The van der Waals surface area contributed by atoms with Crippen LogP contribution in [-0.4, -0.2) is 50.8 Å². The zero-order valence-electron chi connectivity index (χ0n) is 14.8. The van der Waals surface area contributed by atoms with Gasteiger partial charge in [-0.1, -0.05) is 0 Å². The molecule has 0 bridgehead atoms. The van der Waals surface area contributed by atoms with Gasteiger partial charge >= 0.3 is 0 Å². The van der Waals surface area contributed by atoms with Crippen molar-refractivity contribution in [3.63, 3.8) is 0 Å². The van der Waals surface area contributed by atoms with E-state index in [0.29, 0.717) is 17.2 Å². The van der Waals surface area contributed by atoms with Crippen LogP contribution in [0, 0.1) is 0 Å². The van der Waals surface area contributed by atoms with Crippen molar-refractivity contribution in [2.75, 3.05) is 37.8 Å². The van der Waals surface area contributed by atoms with Gasteiger partial charge in [-0.05, 0) is 6.26 Å². The molecule has 2 aromatic rings. The zero-order valence-corrected chi connectivity index (χ0v) is 16.4. The summed E-state index contributed by atoms with van der Waals surface area (Å²) in [7, 11) is -0.559. The maximum atomic E-state index is 12.3. The van der Waals surface area contributed by atoms with Crippen molar-refractivity contribution in [2.45, 2.75) is 16.5 Å². The summed E-state index contributed by atoms with van der Waals surface area (Å²) < 4.78 is 35.2. The van der Waals surface area contributed by atoms with E-state index in [1.807, 2.05) is 0 Å². The number of thioether (sulfide) groups is 1. The highest BCUT2D eigenvalue weighted by atomic mass is 32.2. The number of aromatic nitrogens is 2. The molecule has 0 saturated heterocycles. The lowest BCUT2D eigenvalue weighted by molar-refractivity contribution is -0.116. The van der Waals surface area contributed by atoms with Gasteiger partial charge in [0.1, 0.15) is 33.8 Å². The number of rotatable bonds is 7. The summed E-state index contributed by atoms with van der Waals surface area (Å²) in [6.07, 6.45) is 2.73. The molecule has 1 aromatic carbocycles. The van der Waals surface area contributed by atoms with Crippen LogP contribution in [0.3, 0.4) is 0 Å². The number of hydrogen-bond acceptors (Lipinski definition) is 8. The summed E-state index contributed by atoms with van der Waals surface area (Å²) in [5.74, 6) is 0.530. The maximum absolute atomic E-state index is 12.3. The molecule has 0 unspecified atom stereocenters. The highest BCUT2D eigenvalue weighted by Gasteiger charge is 2.24. The van der Waals surface area contributed by atoms with Gasteiger partial charge in [-0.3, -0.25) is 4.79 Å². The lowest BCUT2D eigenvalue weighted by Gasteiger charge is -2.10. The fourth-order valence-electron chi connectivity index (χ4n) is 2.25. The highest BCUT2D eigenvalue weighted by molar-refractivity contribution is 7.99. The number of ether oxygens (including phenoxy) is 2. The van der Waals surface area contributed by atoms with Crippen LogP contribution in [0.4, 0.5) is 11.5 Å². The topological polar surface area (TPSA) is 126 Å². The van der Waals surface area contributed by atoms with Gasteiger partial charge in [0.05, 0.1) is 14.2 Å². The SMILES string of the molecule is COc1cc(NC(=O)Cn2nc(SC)c(S(C)(=O)=O)c2N)cc(OC)c1. The molecule has 0 radical (unpaired) electrons. The van der Waals surface area contributed by atoms with Crippen molar-refractivity contribution in [3.05, 3.63) is 18.2 Å². The molecular formula is C15H20N4O5S2. The van der Waals surface area contributed by atoms with E-state index in [0.717, 1.165) is 22.7 Å². The lowest BCUT2D eigenvalue weighted by Crippen LogP contribution is -2.21. The van der Waals surface area contributed by atoms with E-state index in [2.05, 4.69) is 10.4 Å². The summed E-state index contributed by atoms with van der Waals surface area (Å²) in [5.41, 5.74) is 6.35. The third kappa shape index (κ3) is 4.41. The molecule has 2 rings (SSSR count). The van der Waals surface area contributed by atoms with E-state index >= 15 is 0 Å². The summed E-state index contributed by atoms with van der Waals surface area (Å²) in [5, 5.41) is 7.04. The fraction of sp³-hybridized carbons (Fsp3) is 0.333. The zero-order chi connectivity index (χ0) is 19.5. The summed E-state index contributed by atoms with van der Waals surface area (Å²) in [6, 6.07) is 4.93. The number of nitrogens with two attached hydrogens (primary N) is 1. The average molecular weight is 400 g/mol. The van der Waals surface area contributed by atoms with Crippen LogP contribution in [0.5, 0.6) is 11.5 Å². The Balaban J connectivity index is 2.25. The number of hydrogen-bond donors (Lipinski definition) is 2. The van der Waals surface area contributed by atoms with Crippen molar-refractivity contribution in [1.82, 2.24) is 9.78 Å². The Morgan fingerprint density at radius 1 is 1.27 bits per heavy atom. The number of carbonyl (C=O) groups is 1. The van der Waals surface area contributed by atoms with Gasteiger partial charge in [0.15, 0.2) is 9.84 Å². The standard InChI is InChI=1S/C15H20N4O5S2/c1-23-10-5-9(6-11(7-10)24-2)17-12(20)8-19-14(16)13(26(4,21)22)15(18-19)25-3/h5-7H,8,16H2,1-4H3,(H,17,20). The average Bonchev–Trinajstić information content (AvgIpc) is 2.90. The van der Waals surface area contributed by atoms with Crippen molar-refractivity contribution in [2.24, 2.45) is 0 Å². The Morgan fingerprint density at radius 3 is 2.27 bits per heavy atom. The van der Waals surface area contributed by atoms with E-state index in [1.165, 1.54) is 14.2 Å². The van der Waals surface area contributed by atoms with Gasteiger partial charge < -0.3 is 20.5 Å². The molecule has 142 valence electrons. The van der Waals surface area contributed by atoms with Crippen LogP contribution < -0.4 is 20.5 Å². The number of sulfone groups is 1. The van der Waals surface area contributed by atoms with Gasteiger partial charge in [-0.25, -0.2) is 13.1 Å². The van der Waals surface area contributed by atoms with Crippen molar-refractivity contribution in [1.29, 1.82) is 0 Å². The maximum Gasteiger partial charge on any atom is 0.246 e. The number of carbonyl (C=O) groups excluding carboxylic acids is 1. The second kappa shape index (κ2) is 7.87. The number of methoxy groups -OCH3 is 2. The first-order valence-corrected chi connectivity index (χ1v) is 10.4. The van der Waals surface area contributed by atoms with Crippen molar-refractivity contribution < 1.29 is 22.7 Å². The van der Waals surface area contributed by atoms with Crippen LogP contribution in [0.15, 0.2) is 28.1 Å². The van der Waals surface area contributed by atoms with Gasteiger partial charge in [0.25, 0.3) is 0 Å². The van der Waals surface area contributed by atoms with Crippen LogP contribution in [0.2, 0.25) is 0 Å². The molecule has 0 spiro atoms. The van der Waals surface area contributed by atoms with Gasteiger partial charge in [-0.2, -0.15) is 5.10 Å². The molecule has 3 N–H and O–H groups in total. The van der Waals surface area contributed by atoms with Crippen molar-refractivity contribution >= 4 is 39.0 Å². The van der Waals surface area contributed by atoms with Crippen LogP contribution >= 0.6 is 11.8 Å². The second-order valence-corrected chi connectivity index (χ2v) is 8.05. The summed E-state index contributed by atoms with van der Waals surface area (Å²) >= 11 is 1.14. The molecule has 0 aliphatic rings. The molecule has 26 heavy (non-hydrogen) atoms. The predicted octanol–water partition coefficient (Wildman–Crippen LogP) is 1.25. The molecule has 1 heterocycles. The van der Waals surface area contributed by atoms with Gasteiger partial charge in [0, 0.05) is 30.1 Å². The molecule has 0 atom stereocenters. The molecule has 9 nitrogen and oxygen atoms in total. The number of anilines is 2. The molecule has 0 fully saturated rings. The minimum absolute atomic E-state index is 0.0687. The van der Waals surface area contributed by atoms with Crippen LogP contribution in [0.1, 0.15) is 0 Å². The van der Waals surface area contributed by atoms with Gasteiger partial charge in [0.2, 0.25) is 5.91 Å². The van der Waals surface area contributed by atoms with E-state index in [-0.39, 0.29) is 22.3 Å². The second-order valence-electron chi connectivity index (χ2n) is 5.30. The Morgan fingerprint density at radius 2 is 1.85 bits per heavy atom.